The SMILES string of the molecule is CN(C)C(=O)CC1CC2(CCN(C(=O)CC(C)(C)C)CC2)Oc2ccccc21. The van der Waals surface area contributed by atoms with Gasteiger partial charge in [0.25, 0.3) is 0 Å². The summed E-state index contributed by atoms with van der Waals surface area (Å²) in [7, 11) is 3.62. The molecule has 2 amide bonds. The van der Waals surface area contributed by atoms with Crippen LogP contribution in [-0.2, 0) is 9.59 Å². The summed E-state index contributed by atoms with van der Waals surface area (Å²) < 4.78 is 6.50. The van der Waals surface area contributed by atoms with E-state index in [1.165, 1.54) is 0 Å². The molecule has 0 N–H and O–H groups in total. The summed E-state index contributed by atoms with van der Waals surface area (Å²) in [6.07, 6.45) is 3.56. The second-order valence-corrected chi connectivity index (χ2v) is 9.83. The summed E-state index contributed by atoms with van der Waals surface area (Å²) in [6, 6.07) is 8.10. The molecule has 0 bridgehead atoms. The first-order valence-corrected chi connectivity index (χ1v) is 10.3. The molecule has 2 aliphatic rings. The first kappa shape index (κ1) is 20.7. The Morgan fingerprint density at radius 1 is 1.18 bits per heavy atom. The van der Waals surface area contributed by atoms with E-state index in [2.05, 4.69) is 26.8 Å². The van der Waals surface area contributed by atoms with Crippen molar-refractivity contribution < 1.29 is 14.3 Å². The van der Waals surface area contributed by atoms with Crippen LogP contribution in [0, 0.1) is 5.41 Å². The number of nitrogens with zero attached hydrogens (tertiary/aromatic N) is 2. The summed E-state index contributed by atoms with van der Waals surface area (Å²) >= 11 is 0. The number of para-hydroxylation sites is 1. The highest BCUT2D eigenvalue weighted by atomic mass is 16.5. The summed E-state index contributed by atoms with van der Waals surface area (Å²) in [5, 5.41) is 0. The number of ether oxygens (including phenoxy) is 1. The van der Waals surface area contributed by atoms with Gasteiger partial charge in [0.2, 0.25) is 11.8 Å². The van der Waals surface area contributed by atoms with Gasteiger partial charge >= 0.3 is 0 Å². The van der Waals surface area contributed by atoms with Crippen molar-refractivity contribution in [3.63, 3.8) is 0 Å². The van der Waals surface area contributed by atoms with Crippen LogP contribution in [0.15, 0.2) is 24.3 Å². The van der Waals surface area contributed by atoms with Crippen molar-refractivity contribution in [3.05, 3.63) is 29.8 Å². The minimum Gasteiger partial charge on any atom is -0.487 e. The van der Waals surface area contributed by atoms with Crippen LogP contribution in [0.1, 0.15) is 64.4 Å². The molecular formula is C23H34N2O3. The van der Waals surface area contributed by atoms with Crippen LogP contribution in [0.4, 0.5) is 0 Å². The summed E-state index contributed by atoms with van der Waals surface area (Å²) in [6.45, 7) is 7.76. The Kier molecular flexibility index (Phi) is 5.74. The number of hydrogen-bond acceptors (Lipinski definition) is 3. The molecule has 1 unspecified atom stereocenters. The fourth-order valence-corrected chi connectivity index (χ4v) is 4.36. The molecule has 0 aromatic heterocycles. The third-order valence-corrected chi connectivity index (χ3v) is 5.93. The van der Waals surface area contributed by atoms with Gasteiger partial charge in [-0.15, -0.1) is 0 Å². The van der Waals surface area contributed by atoms with Crippen molar-refractivity contribution in [1.29, 1.82) is 0 Å². The van der Waals surface area contributed by atoms with Crippen LogP contribution >= 0.6 is 0 Å². The highest BCUT2D eigenvalue weighted by Gasteiger charge is 2.44. The summed E-state index contributed by atoms with van der Waals surface area (Å²) in [4.78, 5) is 28.7. The minimum atomic E-state index is -0.274. The van der Waals surface area contributed by atoms with Gasteiger partial charge in [-0.2, -0.15) is 0 Å². The van der Waals surface area contributed by atoms with Crippen molar-refractivity contribution in [3.8, 4) is 5.75 Å². The quantitative estimate of drug-likeness (QED) is 0.793. The van der Waals surface area contributed by atoms with E-state index in [0.29, 0.717) is 12.8 Å². The monoisotopic (exact) mass is 386 g/mol. The molecule has 5 nitrogen and oxygen atoms in total. The molecular weight excluding hydrogens is 352 g/mol. The van der Waals surface area contributed by atoms with E-state index in [-0.39, 0.29) is 28.7 Å². The Labute approximate surface area is 169 Å². The van der Waals surface area contributed by atoms with Gasteiger partial charge in [-0.05, 0) is 23.5 Å². The maximum Gasteiger partial charge on any atom is 0.223 e. The fraction of sp³-hybridized carbons (Fsp3) is 0.652. The lowest BCUT2D eigenvalue weighted by atomic mass is 9.76. The average molecular weight is 387 g/mol. The smallest absolute Gasteiger partial charge is 0.223 e. The number of fused-ring (bicyclic) bond motifs is 1. The number of rotatable bonds is 3. The molecule has 2 aliphatic heterocycles. The molecule has 1 atom stereocenters. The number of amides is 2. The van der Waals surface area contributed by atoms with Gasteiger partial charge in [0.05, 0.1) is 0 Å². The second kappa shape index (κ2) is 7.76. The Morgan fingerprint density at radius 3 is 2.43 bits per heavy atom. The Hall–Kier alpha value is -2.04. The molecule has 1 saturated heterocycles. The van der Waals surface area contributed by atoms with E-state index in [9.17, 15) is 9.59 Å². The molecule has 1 spiro atoms. The van der Waals surface area contributed by atoms with Gasteiger partial charge in [-0.1, -0.05) is 39.0 Å². The van der Waals surface area contributed by atoms with E-state index in [0.717, 1.165) is 43.7 Å². The largest absolute Gasteiger partial charge is 0.487 e. The molecule has 2 heterocycles. The molecule has 0 aliphatic carbocycles. The number of hydrogen-bond donors (Lipinski definition) is 0. The number of likely N-dealkylation sites (tertiary alicyclic amines) is 1. The maximum absolute atomic E-state index is 12.6. The highest BCUT2D eigenvalue weighted by molar-refractivity contribution is 5.77. The number of benzene rings is 1. The van der Waals surface area contributed by atoms with Gasteiger partial charge in [-0.25, -0.2) is 0 Å². The van der Waals surface area contributed by atoms with Crippen LogP contribution in [-0.4, -0.2) is 54.4 Å². The first-order valence-electron chi connectivity index (χ1n) is 10.3. The van der Waals surface area contributed by atoms with Crippen molar-refractivity contribution in [2.75, 3.05) is 27.2 Å². The number of piperidine rings is 1. The molecule has 1 aromatic carbocycles. The topological polar surface area (TPSA) is 49.9 Å². The lowest BCUT2D eigenvalue weighted by Crippen LogP contribution is -2.52. The van der Waals surface area contributed by atoms with E-state index in [1.54, 1.807) is 4.90 Å². The molecule has 3 rings (SSSR count). The average Bonchev–Trinajstić information content (AvgIpc) is 2.60. The van der Waals surface area contributed by atoms with E-state index >= 15 is 0 Å². The molecule has 154 valence electrons. The van der Waals surface area contributed by atoms with Gasteiger partial charge in [0, 0.05) is 58.8 Å². The molecule has 0 radical (unpaired) electrons. The van der Waals surface area contributed by atoms with Crippen molar-refractivity contribution in [2.45, 2.75) is 64.4 Å². The van der Waals surface area contributed by atoms with Crippen LogP contribution in [0.2, 0.25) is 0 Å². The van der Waals surface area contributed by atoms with Gasteiger partial charge in [0.15, 0.2) is 0 Å². The predicted molar refractivity (Wildman–Crippen MR) is 110 cm³/mol. The zero-order chi connectivity index (χ0) is 20.5. The standard InChI is InChI=1S/C23H34N2O3/c1-22(2,3)16-21(27)25-12-10-23(11-13-25)15-17(14-20(26)24(4)5)18-8-6-7-9-19(18)28-23/h6-9,17H,10-16H2,1-5H3. The highest BCUT2D eigenvalue weighted by Crippen LogP contribution is 2.46. The predicted octanol–water partition coefficient (Wildman–Crippen LogP) is 3.83. The third kappa shape index (κ3) is 4.68. The number of carbonyl (C=O) groups excluding carboxylic acids is 2. The fourth-order valence-electron chi connectivity index (χ4n) is 4.36. The zero-order valence-electron chi connectivity index (χ0n) is 18.0. The molecule has 1 aromatic rings. The van der Waals surface area contributed by atoms with Crippen LogP contribution in [0.3, 0.4) is 0 Å². The van der Waals surface area contributed by atoms with Crippen LogP contribution in [0.5, 0.6) is 5.75 Å². The Balaban J connectivity index is 1.73. The summed E-state index contributed by atoms with van der Waals surface area (Å²) in [5.41, 5.74) is 0.864. The van der Waals surface area contributed by atoms with E-state index in [4.69, 9.17) is 4.74 Å². The molecule has 1 fully saturated rings. The first-order chi connectivity index (χ1) is 13.1. The third-order valence-electron chi connectivity index (χ3n) is 5.93. The Bertz CT molecular complexity index is 728. The lowest BCUT2D eigenvalue weighted by molar-refractivity contribution is -0.137. The van der Waals surface area contributed by atoms with Crippen molar-refractivity contribution >= 4 is 11.8 Å². The van der Waals surface area contributed by atoms with E-state index < -0.39 is 0 Å². The van der Waals surface area contributed by atoms with Gasteiger partial charge in [0.1, 0.15) is 11.4 Å². The lowest BCUT2D eigenvalue weighted by Gasteiger charge is -2.47. The normalized spacial score (nSPS) is 21.0. The van der Waals surface area contributed by atoms with Crippen LogP contribution in [0.25, 0.3) is 0 Å². The van der Waals surface area contributed by atoms with Gasteiger partial charge < -0.3 is 14.5 Å². The van der Waals surface area contributed by atoms with Crippen molar-refractivity contribution in [2.24, 2.45) is 5.41 Å². The molecule has 0 saturated carbocycles. The molecule has 5 heteroatoms. The maximum atomic E-state index is 12.6. The van der Waals surface area contributed by atoms with Crippen LogP contribution < -0.4 is 4.74 Å². The number of carbonyl (C=O) groups is 2. The van der Waals surface area contributed by atoms with Gasteiger partial charge in [-0.3, -0.25) is 9.59 Å². The molecule has 28 heavy (non-hydrogen) atoms. The zero-order valence-corrected chi connectivity index (χ0v) is 18.0. The van der Waals surface area contributed by atoms with E-state index in [1.807, 2.05) is 37.2 Å². The summed E-state index contributed by atoms with van der Waals surface area (Å²) in [5.74, 6) is 1.45. The van der Waals surface area contributed by atoms with Crippen molar-refractivity contribution in [1.82, 2.24) is 9.80 Å². The second-order valence-electron chi connectivity index (χ2n) is 9.83. The Morgan fingerprint density at radius 2 is 1.82 bits per heavy atom. The minimum absolute atomic E-state index is 0.00410.